The minimum atomic E-state index is -0.428. The monoisotopic (exact) mass is 335 g/mol. The highest BCUT2D eigenvalue weighted by Crippen LogP contribution is 2.24. The van der Waals surface area contributed by atoms with Gasteiger partial charge in [0, 0.05) is 30.9 Å². The molecular weight excluding hydrogens is 314 g/mol. The van der Waals surface area contributed by atoms with Gasteiger partial charge in [-0.3, -0.25) is 4.79 Å². The predicted octanol–water partition coefficient (Wildman–Crippen LogP) is 3.99. The second-order valence-electron chi connectivity index (χ2n) is 6.00. The lowest BCUT2D eigenvalue weighted by atomic mass is 10.1. The summed E-state index contributed by atoms with van der Waals surface area (Å²) < 4.78 is 5.76. The van der Waals surface area contributed by atoms with Crippen molar-refractivity contribution < 1.29 is 9.21 Å². The maximum Gasteiger partial charge on any atom is 0.266 e. The molecule has 0 radical (unpaired) electrons. The fourth-order valence-corrected chi connectivity index (χ4v) is 2.96. The SMILES string of the molecule is CCc1ccccc1NC(=O)C(C#N)=Cc1ccc(N2CCCC2)o1. The molecule has 2 heterocycles. The number of furan rings is 1. The molecule has 1 fully saturated rings. The van der Waals surface area contributed by atoms with E-state index >= 15 is 0 Å². The molecule has 1 aromatic heterocycles. The molecule has 0 atom stereocenters. The van der Waals surface area contributed by atoms with Crippen LogP contribution >= 0.6 is 0 Å². The Morgan fingerprint density at radius 3 is 2.76 bits per heavy atom. The first-order valence-corrected chi connectivity index (χ1v) is 8.57. The Kier molecular flexibility index (Phi) is 5.20. The van der Waals surface area contributed by atoms with E-state index in [9.17, 15) is 10.1 Å². The smallest absolute Gasteiger partial charge is 0.266 e. The first-order chi connectivity index (χ1) is 12.2. The van der Waals surface area contributed by atoms with Crippen LogP contribution in [0.1, 0.15) is 31.1 Å². The molecule has 1 amide bonds. The molecule has 1 aliphatic heterocycles. The summed E-state index contributed by atoms with van der Waals surface area (Å²) in [5.41, 5.74) is 1.78. The zero-order chi connectivity index (χ0) is 17.6. The molecular formula is C20H21N3O2. The molecule has 25 heavy (non-hydrogen) atoms. The Balaban J connectivity index is 1.76. The van der Waals surface area contributed by atoms with Crippen LogP contribution in [0.4, 0.5) is 11.6 Å². The molecule has 1 aromatic carbocycles. The van der Waals surface area contributed by atoms with Gasteiger partial charge in [-0.2, -0.15) is 5.26 Å². The molecule has 0 spiro atoms. The number of nitrogens with one attached hydrogen (secondary N) is 1. The molecule has 3 rings (SSSR count). The van der Waals surface area contributed by atoms with Crippen LogP contribution in [0.15, 0.2) is 46.4 Å². The van der Waals surface area contributed by atoms with E-state index in [2.05, 4.69) is 10.2 Å². The molecule has 2 aromatic rings. The molecule has 0 aliphatic carbocycles. The highest BCUT2D eigenvalue weighted by atomic mass is 16.4. The van der Waals surface area contributed by atoms with Crippen LogP contribution in [-0.4, -0.2) is 19.0 Å². The van der Waals surface area contributed by atoms with E-state index in [1.165, 1.54) is 6.08 Å². The van der Waals surface area contributed by atoms with Crippen LogP contribution < -0.4 is 10.2 Å². The van der Waals surface area contributed by atoms with Crippen molar-refractivity contribution in [1.29, 1.82) is 5.26 Å². The number of carbonyl (C=O) groups is 1. The van der Waals surface area contributed by atoms with Crippen molar-refractivity contribution in [2.24, 2.45) is 0 Å². The molecule has 5 nitrogen and oxygen atoms in total. The quantitative estimate of drug-likeness (QED) is 0.662. The van der Waals surface area contributed by atoms with E-state index in [4.69, 9.17) is 4.42 Å². The zero-order valence-corrected chi connectivity index (χ0v) is 14.3. The van der Waals surface area contributed by atoms with Gasteiger partial charge in [0.05, 0.1) is 0 Å². The lowest BCUT2D eigenvalue weighted by molar-refractivity contribution is -0.112. The summed E-state index contributed by atoms with van der Waals surface area (Å²) in [5.74, 6) is 0.873. The third kappa shape index (κ3) is 3.92. The Morgan fingerprint density at radius 1 is 1.28 bits per heavy atom. The van der Waals surface area contributed by atoms with Gasteiger partial charge in [0.1, 0.15) is 17.4 Å². The van der Waals surface area contributed by atoms with Crippen molar-refractivity contribution in [2.75, 3.05) is 23.3 Å². The Morgan fingerprint density at radius 2 is 2.04 bits per heavy atom. The summed E-state index contributed by atoms with van der Waals surface area (Å²) in [6.45, 7) is 3.99. The molecule has 1 aliphatic rings. The van der Waals surface area contributed by atoms with E-state index in [1.54, 1.807) is 6.07 Å². The summed E-state index contributed by atoms with van der Waals surface area (Å²) in [6.07, 6.45) is 4.62. The second kappa shape index (κ2) is 7.71. The van der Waals surface area contributed by atoms with Gasteiger partial charge < -0.3 is 14.6 Å². The minimum absolute atomic E-state index is 0.0215. The van der Waals surface area contributed by atoms with Gasteiger partial charge in [-0.05, 0) is 37.0 Å². The van der Waals surface area contributed by atoms with Gasteiger partial charge in [0.15, 0.2) is 5.88 Å². The lowest BCUT2D eigenvalue weighted by Gasteiger charge is -2.12. The number of amides is 1. The molecule has 0 saturated carbocycles. The van der Waals surface area contributed by atoms with Crippen LogP contribution in [0.2, 0.25) is 0 Å². The van der Waals surface area contributed by atoms with E-state index in [1.807, 2.05) is 43.3 Å². The standard InChI is InChI=1S/C20H21N3O2/c1-2-15-7-3-4-8-18(15)22-20(24)16(14-21)13-17-9-10-19(25-17)23-11-5-6-12-23/h3-4,7-10,13H,2,5-6,11-12H2,1H3,(H,22,24). The maximum atomic E-state index is 12.4. The van der Waals surface area contributed by atoms with Crippen molar-refractivity contribution in [1.82, 2.24) is 0 Å². The molecule has 1 N–H and O–H groups in total. The topological polar surface area (TPSA) is 69.3 Å². The van der Waals surface area contributed by atoms with E-state index < -0.39 is 5.91 Å². The van der Waals surface area contributed by atoms with Gasteiger partial charge in [-0.15, -0.1) is 0 Å². The molecule has 128 valence electrons. The van der Waals surface area contributed by atoms with Crippen molar-refractivity contribution in [2.45, 2.75) is 26.2 Å². The number of aryl methyl sites for hydroxylation is 1. The van der Waals surface area contributed by atoms with E-state index in [0.717, 1.165) is 49.5 Å². The normalized spacial score (nSPS) is 14.4. The van der Waals surface area contributed by atoms with Gasteiger partial charge in [-0.1, -0.05) is 25.1 Å². The summed E-state index contributed by atoms with van der Waals surface area (Å²) >= 11 is 0. The summed E-state index contributed by atoms with van der Waals surface area (Å²) in [6, 6.07) is 13.2. The van der Waals surface area contributed by atoms with Crippen LogP contribution in [0, 0.1) is 11.3 Å². The number of hydrogen-bond acceptors (Lipinski definition) is 4. The van der Waals surface area contributed by atoms with Crippen molar-refractivity contribution in [3.05, 3.63) is 53.3 Å². The number of para-hydroxylation sites is 1. The van der Waals surface area contributed by atoms with Gasteiger partial charge in [0.2, 0.25) is 0 Å². The molecule has 5 heteroatoms. The molecule has 0 bridgehead atoms. The van der Waals surface area contributed by atoms with Gasteiger partial charge in [-0.25, -0.2) is 0 Å². The number of hydrogen-bond donors (Lipinski definition) is 1. The fraction of sp³-hybridized carbons (Fsp3) is 0.300. The zero-order valence-electron chi connectivity index (χ0n) is 14.3. The second-order valence-corrected chi connectivity index (χ2v) is 6.00. The van der Waals surface area contributed by atoms with Gasteiger partial charge in [0.25, 0.3) is 5.91 Å². The molecule has 1 saturated heterocycles. The Labute approximate surface area is 147 Å². The summed E-state index contributed by atoms with van der Waals surface area (Å²) in [5, 5.41) is 12.2. The van der Waals surface area contributed by atoms with E-state index in [0.29, 0.717) is 5.76 Å². The predicted molar refractivity (Wildman–Crippen MR) is 98.2 cm³/mol. The van der Waals surface area contributed by atoms with Crippen molar-refractivity contribution in [3.63, 3.8) is 0 Å². The third-order valence-corrected chi connectivity index (χ3v) is 4.33. The van der Waals surface area contributed by atoms with Crippen LogP contribution in [-0.2, 0) is 11.2 Å². The van der Waals surface area contributed by atoms with E-state index in [-0.39, 0.29) is 5.57 Å². The fourth-order valence-electron chi connectivity index (χ4n) is 2.96. The third-order valence-electron chi connectivity index (χ3n) is 4.33. The number of nitrogens with zero attached hydrogens (tertiary/aromatic N) is 2. The largest absolute Gasteiger partial charge is 0.441 e. The van der Waals surface area contributed by atoms with Crippen molar-refractivity contribution >= 4 is 23.6 Å². The highest BCUT2D eigenvalue weighted by Gasteiger charge is 2.16. The number of rotatable bonds is 5. The number of anilines is 2. The molecule has 0 unspecified atom stereocenters. The van der Waals surface area contributed by atoms with Crippen LogP contribution in [0.25, 0.3) is 6.08 Å². The maximum absolute atomic E-state index is 12.4. The summed E-state index contributed by atoms with van der Waals surface area (Å²) in [7, 11) is 0. The Bertz CT molecular complexity index is 823. The van der Waals surface area contributed by atoms with Crippen LogP contribution in [0.3, 0.4) is 0 Å². The minimum Gasteiger partial charge on any atom is -0.441 e. The number of nitriles is 1. The van der Waals surface area contributed by atoms with Crippen molar-refractivity contribution in [3.8, 4) is 6.07 Å². The first kappa shape index (κ1) is 16.8. The number of benzene rings is 1. The number of carbonyl (C=O) groups excluding carboxylic acids is 1. The van der Waals surface area contributed by atoms with Gasteiger partial charge >= 0.3 is 0 Å². The van der Waals surface area contributed by atoms with Crippen LogP contribution in [0.5, 0.6) is 0 Å². The highest BCUT2D eigenvalue weighted by molar-refractivity contribution is 6.09. The Hall–Kier alpha value is -3.00. The lowest BCUT2D eigenvalue weighted by Crippen LogP contribution is -2.16. The average Bonchev–Trinajstić information content (AvgIpc) is 3.31. The first-order valence-electron chi connectivity index (χ1n) is 8.57. The average molecular weight is 335 g/mol. The summed E-state index contributed by atoms with van der Waals surface area (Å²) in [4.78, 5) is 14.6.